The minimum absolute atomic E-state index is 0.101. The zero-order chi connectivity index (χ0) is 20.8. The number of nitrogens with one attached hydrogen (secondary N) is 1. The third-order valence-electron chi connectivity index (χ3n) is 5.26. The highest BCUT2D eigenvalue weighted by molar-refractivity contribution is 5.94. The highest BCUT2D eigenvalue weighted by Crippen LogP contribution is 2.23. The van der Waals surface area contributed by atoms with Crippen LogP contribution in [0.25, 0.3) is 0 Å². The van der Waals surface area contributed by atoms with Crippen molar-refractivity contribution in [2.45, 2.75) is 6.54 Å². The van der Waals surface area contributed by atoms with E-state index in [1.165, 1.54) is 5.69 Å². The molecule has 1 saturated heterocycles. The van der Waals surface area contributed by atoms with Gasteiger partial charge in [0, 0.05) is 50.2 Å². The largest absolute Gasteiger partial charge is 0.456 e. The summed E-state index contributed by atoms with van der Waals surface area (Å²) < 4.78 is 5.73. The third-order valence-corrected chi connectivity index (χ3v) is 5.26. The summed E-state index contributed by atoms with van der Waals surface area (Å²) in [6, 6.07) is 19.1. The molecule has 0 radical (unpaired) electrons. The van der Waals surface area contributed by atoms with Crippen LogP contribution in [0.3, 0.4) is 0 Å². The molecule has 3 aromatic rings. The highest BCUT2D eigenvalue weighted by atomic mass is 16.5. The Bertz CT molecular complexity index is 968. The van der Waals surface area contributed by atoms with E-state index in [0.717, 1.165) is 31.7 Å². The molecule has 1 aliphatic rings. The summed E-state index contributed by atoms with van der Waals surface area (Å²) in [6.45, 7) is 4.59. The van der Waals surface area contributed by atoms with E-state index in [1.54, 1.807) is 36.7 Å². The van der Waals surface area contributed by atoms with E-state index in [9.17, 15) is 4.79 Å². The molecule has 0 spiro atoms. The highest BCUT2D eigenvalue weighted by Gasteiger charge is 2.17. The maximum Gasteiger partial charge on any atom is 0.251 e. The lowest BCUT2D eigenvalue weighted by Crippen LogP contribution is -2.45. The van der Waals surface area contributed by atoms with Crippen molar-refractivity contribution in [3.63, 3.8) is 0 Å². The minimum Gasteiger partial charge on any atom is -0.456 e. The van der Waals surface area contributed by atoms with Crippen molar-refractivity contribution in [3.05, 3.63) is 84.2 Å². The van der Waals surface area contributed by atoms with Crippen molar-refractivity contribution in [1.82, 2.24) is 15.2 Å². The Morgan fingerprint density at radius 2 is 1.73 bits per heavy atom. The molecule has 0 atom stereocenters. The van der Waals surface area contributed by atoms with Crippen LogP contribution in [0.5, 0.6) is 11.5 Å². The summed E-state index contributed by atoms with van der Waals surface area (Å²) in [5.74, 6) is 1.23. The molecule has 6 nitrogen and oxygen atoms in total. The van der Waals surface area contributed by atoms with Gasteiger partial charge >= 0.3 is 0 Å². The second kappa shape index (κ2) is 9.41. The number of para-hydroxylation sites is 1. The van der Waals surface area contributed by atoms with Gasteiger partial charge in [-0.15, -0.1) is 0 Å². The summed E-state index contributed by atoms with van der Waals surface area (Å²) in [5.41, 5.74) is 2.93. The van der Waals surface area contributed by atoms with Crippen molar-refractivity contribution in [2.24, 2.45) is 0 Å². The molecule has 0 aliphatic carbocycles. The number of rotatable bonds is 6. The number of aromatic nitrogens is 1. The zero-order valence-electron chi connectivity index (χ0n) is 17.1. The second-order valence-electron chi connectivity index (χ2n) is 7.42. The Labute approximate surface area is 177 Å². The summed E-state index contributed by atoms with van der Waals surface area (Å²) in [7, 11) is 2.15. The van der Waals surface area contributed by atoms with Gasteiger partial charge in [0.2, 0.25) is 0 Å². The van der Waals surface area contributed by atoms with E-state index in [-0.39, 0.29) is 5.91 Å². The van der Waals surface area contributed by atoms with Crippen LogP contribution < -0.4 is 15.0 Å². The summed E-state index contributed by atoms with van der Waals surface area (Å²) in [6.07, 6.45) is 3.35. The van der Waals surface area contributed by atoms with Crippen LogP contribution >= 0.6 is 0 Å². The number of nitrogens with zero attached hydrogens (tertiary/aromatic N) is 3. The van der Waals surface area contributed by atoms with Crippen LogP contribution in [0.4, 0.5) is 5.69 Å². The van der Waals surface area contributed by atoms with Gasteiger partial charge in [-0.2, -0.15) is 0 Å². The third kappa shape index (κ3) is 4.96. The molecule has 0 unspecified atom stereocenters. The van der Waals surface area contributed by atoms with Crippen molar-refractivity contribution in [2.75, 3.05) is 38.1 Å². The molecule has 6 heteroatoms. The number of amides is 1. The molecule has 1 aliphatic heterocycles. The van der Waals surface area contributed by atoms with E-state index >= 15 is 0 Å². The van der Waals surface area contributed by atoms with Gasteiger partial charge in [0.1, 0.15) is 11.5 Å². The Balaban J connectivity index is 1.37. The number of hydrogen-bond donors (Lipinski definition) is 1. The summed E-state index contributed by atoms with van der Waals surface area (Å²) in [5, 5.41) is 3.05. The van der Waals surface area contributed by atoms with Gasteiger partial charge in [0.15, 0.2) is 0 Å². The fourth-order valence-corrected chi connectivity index (χ4v) is 3.51. The number of pyridine rings is 1. The van der Waals surface area contributed by atoms with Gasteiger partial charge in [0.25, 0.3) is 5.91 Å². The Morgan fingerprint density at radius 1 is 0.967 bits per heavy atom. The first-order chi connectivity index (χ1) is 14.7. The normalized spacial score (nSPS) is 14.4. The van der Waals surface area contributed by atoms with Gasteiger partial charge in [-0.3, -0.25) is 9.78 Å². The fourth-order valence-electron chi connectivity index (χ4n) is 3.51. The number of piperazine rings is 1. The molecule has 1 N–H and O–H groups in total. The predicted molar refractivity (Wildman–Crippen MR) is 118 cm³/mol. The van der Waals surface area contributed by atoms with Crippen LogP contribution in [0.15, 0.2) is 73.1 Å². The molecule has 2 heterocycles. The number of anilines is 1. The van der Waals surface area contributed by atoms with E-state index < -0.39 is 0 Å². The molecule has 2 aromatic carbocycles. The quantitative estimate of drug-likeness (QED) is 0.683. The Kier molecular flexibility index (Phi) is 6.25. The molecule has 1 amide bonds. The van der Waals surface area contributed by atoms with E-state index in [0.29, 0.717) is 23.6 Å². The first-order valence-corrected chi connectivity index (χ1v) is 10.2. The first-order valence-electron chi connectivity index (χ1n) is 10.2. The lowest BCUT2D eigenvalue weighted by atomic mass is 10.1. The maximum atomic E-state index is 12.6. The number of ether oxygens (including phenoxy) is 1. The van der Waals surface area contributed by atoms with Crippen molar-refractivity contribution >= 4 is 11.6 Å². The zero-order valence-corrected chi connectivity index (χ0v) is 17.1. The topological polar surface area (TPSA) is 57.7 Å². The van der Waals surface area contributed by atoms with Crippen molar-refractivity contribution < 1.29 is 9.53 Å². The molecular formula is C24H26N4O2. The second-order valence-corrected chi connectivity index (χ2v) is 7.42. The molecule has 0 bridgehead atoms. The fraction of sp³-hybridized carbons (Fsp3) is 0.250. The monoisotopic (exact) mass is 402 g/mol. The first kappa shape index (κ1) is 19.9. The lowest BCUT2D eigenvalue weighted by Gasteiger charge is -2.35. The van der Waals surface area contributed by atoms with Crippen LogP contribution in [-0.2, 0) is 6.54 Å². The predicted octanol–water partition coefficient (Wildman–Crippen LogP) is 3.56. The Morgan fingerprint density at radius 3 is 2.47 bits per heavy atom. The SMILES string of the molecule is CN1CCN(c2ccccc2CNC(=O)c2ccc(Oc3cccnc3)cc2)CC1. The molecule has 1 fully saturated rings. The molecule has 0 saturated carbocycles. The van der Waals surface area contributed by atoms with Gasteiger partial charge in [0.05, 0.1) is 6.20 Å². The van der Waals surface area contributed by atoms with Crippen LogP contribution in [0, 0.1) is 0 Å². The van der Waals surface area contributed by atoms with Crippen LogP contribution in [0.2, 0.25) is 0 Å². The molecular weight excluding hydrogens is 376 g/mol. The number of benzene rings is 2. The summed E-state index contributed by atoms with van der Waals surface area (Å²) in [4.78, 5) is 21.4. The Hall–Kier alpha value is -3.38. The average molecular weight is 402 g/mol. The molecule has 154 valence electrons. The standard InChI is InChI=1S/C24H26N4O2/c1-27-13-15-28(16-14-27)23-7-3-2-5-20(23)17-26-24(29)19-8-10-21(11-9-19)30-22-6-4-12-25-18-22/h2-12,18H,13-17H2,1H3,(H,26,29). The van der Waals surface area contributed by atoms with E-state index in [4.69, 9.17) is 4.74 Å². The minimum atomic E-state index is -0.101. The molecule has 1 aromatic heterocycles. The van der Waals surface area contributed by atoms with E-state index in [1.807, 2.05) is 18.2 Å². The number of carbonyl (C=O) groups excluding carboxylic acids is 1. The number of hydrogen-bond acceptors (Lipinski definition) is 5. The maximum absolute atomic E-state index is 12.6. The molecule has 4 rings (SSSR count). The van der Waals surface area contributed by atoms with E-state index in [2.05, 4.69) is 45.3 Å². The van der Waals surface area contributed by atoms with Crippen molar-refractivity contribution in [1.29, 1.82) is 0 Å². The van der Waals surface area contributed by atoms with Gasteiger partial charge in [-0.05, 0) is 55.1 Å². The number of carbonyl (C=O) groups is 1. The smallest absolute Gasteiger partial charge is 0.251 e. The number of likely N-dealkylation sites (N-methyl/N-ethyl adjacent to an activating group) is 1. The van der Waals surface area contributed by atoms with Crippen LogP contribution in [-0.4, -0.2) is 49.0 Å². The van der Waals surface area contributed by atoms with Gasteiger partial charge in [-0.25, -0.2) is 0 Å². The van der Waals surface area contributed by atoms with Gasteiger partial charge in [-0.1, -0.05) is 18.2 Å². The molecule has 30 heavy (non-hydrogen) atoms. The van der Waals surface area contributed by atoms with Crippen LogP contribution in [0.1, 0.15) is 15.9 Å². The summed E-state index contributed by atoms with van der Waals surface area (Å²) >= 11 is 0. The van der Waals surface area contributed by atoms with Gasteiger partial charge < -0.3 is 19.9 Å². The lowest BCUT2D eigenvalue weighted by molar-refractivity contribution is 0.0951. The van der Waals surface area contributed by atoms with Crippen molar-refractivity contribution in [3.8, 4) is 11.5 Å². The average Bonchev–Trinajstić information content (AvgIpc) is 2.79.